The van der Waals surface area contributed by atoms with Crippen LogP contribution < -0.4 is 10.6 Å². The van der Waals surface area contributed by atoms with Gasteiger partial charge in [-0.3, -0.25) is 19.3 Å². The predicted octanol–water partition coefficient (Wildman–Crippen LogP) is 4.42. The first-order chi connectivity index (χ1) is 16.5. The summed E-state index contributed by atoms with van der Waals surface area (Å²) in [5.41, 5.74) is -0.239. The molecule has 0 saturated carbocycles. The van der Waals surface area contributed by atoms with Gasteiger partial charge < -0.3 is 10.6 Å². The van der Waals surface area contributed by atoms with Crippen LogP contribution >= 0.6 is 22.9 Å². The van der Waals surface area contributed by atoms with Crippen molar-refractivity contribution in [1.29, 1.82) is 0 Å². The Kier molecular flexibility index (Phi) is 4.06. The van der Waals surface area contributed by atoms with E-state index in [1.807, 2.05) is 53.9 Å². The fourth-order valence-electron chi connectivity index (χ4n) is 7.14. The molecule has 3 aromatic rings. The summed E-state index contributed by atoms with van der Waals surface area (Å²) < 4.78 is 0. The standard InChI is InChI=1S/C26H20ClN3O3S/c27-16-8-3-7-15-21(16)29-24(33)26(15)25(14-6-1-2-9-17(14)28-23(25)32)20(18-10-4-12-30(18)26)22(31)19-11-5-13-34-19/h1-3,5-9,11,13,18,20H,4,10,12H2,(H,28,32)(H,29,33)/t18-,20+,25+,26+/m0/s1. The number of nitrogens with zero attached hydrogens (tertiary/aromatic N) is 1. The van der Waals surface area contributed by atoms with E-state index in [2.05, 4.69) is 15.5 Å². The molecule has 2 fully saturated rings. The van der Waals surface area contributed by atoms with Crippen molar-refractivity contribution in [1.82, 2.24) is 4.90 Å². The number of carbonyl (C=O) groups excluding carboxylic acids is 3. The van der Waals surface area contributed by atoms with Crippen LogP contribution in [0.3, 0.4) is 0 Å². The second-order valence-electron chi connectivity index (χ2n) is 9.36. The van der Waals surface area contributed by atoms with Gasteiger partial charge in [0.15, 0.2) is 5.78 Å². The maximum Gasteiger partial charge on any atom is 0.251 e. The molecule has 0 aliphatic carbocycles. The summed E-state index contributed by atoms with van der Waals surface area (Å²) in [4.78, 5) is 45.5. The van der Waals surface area contributed by atoms with E-state index in [1.165, 1.54) is 11.3 Å². The Labute approximate surface area is 204 Å². The molecule has 4 atom stereocenters. The number of fused-ring (bicyclic) bond motifs is 7. The number of ketones is 1. The van der Waals surface area contributed by atoms with E-state index < -0.39 is 16.9 Å². The van der Waals surface area contributed by atoms with Crippen molar-refractivity contribution in [2.75, 3.05) is 17.2 Å². The lowest BCUT2D eigenvalue weighted by Gasteiger charge is -2.43. The minimum atomic E-state index is -1.42. The Hall–Kier alpha value is -3.00. The normalized spacial score (nSPS) is 31.0. The van der Waals surface area contributed by atoms with Gasteiger partial charge in [0.2, 0.25) is 5.91 Å². The van der Waals surface area contributed by atoms with E-state index in [1.54, 1.807) is 6.07 Å². The van der Waals surface area contributed by atoms with Crippen molar-refractivity contribution >= 4 is 51.9 Å². The molecule has 170 valence electrons. The highest BCUT2D eigenvalue weighted by Gasteiger charge is 2.81. The van der Waals surface area contributed by atoms with E-state index in [4.69, 9.17) is 11.6 Å². The SMILES string of the molecule is O=C(c1cccs1)[C@H]1[C@@H]2CCCN2[C@]2(C(=O)Nc3c(Cl)cccc32)[C@@]12C(=O)Nc1ccccc12. The van der Waals surface area contributed by atoms with Gasteiger partial charge in [-0.05, 0) is 48.5 Å². The molecule has 0 bridgehead atoms. The second-order valence-corrected chi connectivity index (χ2v) is 10.7. The summed E-state index contributed by atoms with van der Waals surface area (Å²) in [6.45, 7) is 0.620. The quantitative estimate of drug-likeness (QED) is 0.522. The Morgan fingerprint density at radius 3 is 2.65 bits per heavy atom. The number of nitrogens with one attached hydrogen (secondary N) is 2. The third kappa shape index (κ3) is 2.10. The predicted molar refractivity (Wildman–Crippen MR) is 130 cm³/mol. The first-order valence-electron chi connectivity index (χ1n) is 11.4. The molecule has 5 heterocycles. The number of rotatable bonds is 2. The van der Waals surface area contributed by atoms with Gasteiger partial charge in [-0.15, -0.1) is 11.3 Å². The molecule has 0 radical (unpaired) electrons. The van der Waals surface area contributed by atoms with Crippen molar-refractivity contribution in [3.05, 3.63) is 81.0 Å². The number of Topliss-reactive ketones (excluding diaryl/α,β-unsaturated/α-hetero) is 1. The van der Waals surface area contributed by atoms with E-state index in [-0.39, 0.29) is 23.6 Å². The highest BCUT2D eigenvalue weighted by molar-refractivity contribution is 7.12. The van der Waals surface area contributed by atoms with Gasteiger partial charge >= 0.3 is 0 Å². The molecule has 4 aliphatic rings. The zero-order chi connectivity index (χ0) is 23.2. The zero-order valence-electron chi connectivity index (χ0n) is 18.0. The number of hydrogen-bond acceptors (Lipinski definition) is 5. The number of anilines is 2. The maximum absolute atomic E-state index is 14.3. The second kappa shape index (κ2) is 6.78. The van der Waals surface area contributed by atoms with E-state index in [0.29, 0.717) is 38.9 Å². The van der Waals surface area contributed by atoms with Gasteiger partial charge in [0.05, 0.1) is 21.5 Å². The van der Waals surface area contributed by atoms with Crippen LogP contribution in [0.5, 0.6) is 0 Å². The molecule has 1 aromatic heterocycles. The van der Waals surface area contributed by atoms with Gasteiger partial charge in [0.25, 0.3) is 5.91 Å². The first-order valence-corrected chi connectivity index (χ1v) is 12.6. The molecule has 2 amide bonds. The van der Waals surface area contributed by atoms with E-state index >= 15 is 0 Å². The van der Waals surface area contributed by atoms with Gasteiger partial charge in [-0.2, -0.15) is 0 Å². The van der Waals surface area contributed by atoms with Crippen LogP contribution in [-0.2, 0) is 20.5 Å². The number of carbonyl (C=O) groups is 3. The van der Waals surface area contributed by atoms with Crippen LogP contribution in [0.2, 0.25) is 5.02 Å². The van der Waals surface area contributed by atoms with Crippen LogP contribution in [0.4, 0.5) is 11.4 Å². The summed E-state index contributed by atoms with van der Waals surface area (Å²) in [6, 6.07) is 16.3. The van der Waals surface area contributed by atoms with Crippen LogP contribution in [0, 0.1) is 5.92 Å². The molecular formula is C26H20ClN3O3S. The molecule has 8 heteroatoms. The largest absolute Gasteiger partial charge is 0.325 e. The molecule has 2 N–H and O–H groups in total. The van der Waals surface area contributed by atoms with Crippen molar-refractivity contribution in [3.63, 3.8) is 0 Å². The first kappa shape index (κ1) is 20.4. The fourth-order valence-corrected chi connectivity index (χ4v) is 8.07. The van der Waals surface area contributed by atoms with Gasteiger partial charge in [0.1, 0.15) is 11.0 Å². The molecule has 34 heavy (non-hydrogen) atoms. The average molecular weight is 490 g/mol. The third-order valence-electron chi connectivity index (χ3n) is 8.13. The fraction of sp³-hybridized carbons (Fsp3) is 0.269. The lowest BCUT2D eigenvalue weighted by atomic mass is 9.57. The van der Waals surface area contributed by atoms with Crippen molar-refractivity contribution < 1.29 is 14.4 Å². The van der Waals surface area contributed by atoms with Crippen molar-refractivity contribution in [2.24, 2.45) is 5.92 Å². The summed E-state index contributed by atoms with van der Waals surface area (Å²) in [6.07, 6.45) is 1.59. The number of halogens is 1. The Balaban J connectivity index is 1.62. The highest BCUT2D eigenvalue weighted by Crippen LogP contribution is 2.68. The van der Waals surface area contributed by atoms with Crippen LogP contribution in [0.15, 0.2) is 60.0 Å². The topological polar surface area (TPSA) is 78.5 Å². The number of amides is 2. The summed E-state index contributed by atoms with van der Waals surface area (Å²) in [5, 5.41) is 8.34. The molecular weight excluding hydrogens is 470 g/mol. The van der Waals surface area contributed by atoms with Crippen molar-refractivity contribution in [2.45, 2.75) is 29.8 Å². The molecule has 7 rings (SSSR count). The summed E-state index contributed by atoms with van der Waals surface area (Å²) in [5.74, 6) is -1.40. The van der Waals surface area contributed by atoms with Crippen LogP contribution in [0.1, 0.15) is 33.6 Å². The van der Waals surface area contributed by atoms with E-state index in [0.717, 1.165) is 12.8 Å². The molecule has 4 aliphatic heterocycles. The Morgan fingerprint density at radius 2 is 1.82 bits per heavy atom. The monoisotopic (exact) mass is 489 g/mol. The number of hydrogen-bond donors (Lipinski definition) is 2. The molecule has 6 nitrogen and oxygen atoms in total. The molecule has 0 unspecified atom stereocenters. The number of thiophene rings is 1. The Morgan fingerprint density at radius 1 is 1.00 bits per heavy atom. The maximum atomic E-state index is 14.3. The smallest absolute Gasteiger partial charge is 0.251 e. The van der Waals surface area contributed by atoms with Gasteiger partial charge in [-0.1, -0.05) is 48.0 Å². The van der Waals surface area contributed by atoms with E-state index in [9.17, 15) is 14.4 Å². The molecule has 2 aromatic carbocycles. The molecule has 2 spiro atoms. The zero-order valence-corrected chi connectivity index (χ0v) is 19.6. The number of para-hydroxylation sites is 2. The van der Waals surface area contributed by atoms with Crippen LogP contribution in [0.25, 0.3) is 0 Å². The number of benzene rings is 2. The molecule has 2 saturated heterocycles. The highest BCUT2D eigenvalue weighted by atomic mass is 35.5. The van der Waals surface area contributed by atoms with Crippen LogP contribution in [-0.4, -0.2) is 35.1 Å². The van der Waals surface area contributed by atoms with Gasteiger partial charge in [0, 0.05) is 17.3 Å². The lowest BCUT2D eigenvalue weighted by Crippen LogP contribution is -2.62. The third-order valence-corrected chi connectivity index (χ3v) is 9.33. The van der Waals surface area contributed by atoms with Gasteiger partial charge in [-0.25, -0.2) is 0 Å². The summed E-state index contributed by atoms with van der Waals surface area (Å²) >= 11 is 7.93. The minimum Gasteiger partial charge on any atom is -0.325 e. The minimum absolute atomic E-state index is 0.0843. The average Bonchev–Trinajstić information content (AvgIpc) is 3.62. The Bertz CT molecular complexity index is 1410. The summed E-state index contributed by atoms with van der Waals surface area (Å²) in [7, 11) is 0. The lowest BCUT2D eigenvalue weighted by molar-refractivity contribution is -0.137. The van der Waals surface area contributed by atoms with Crippen molar-refractivity contribution in [3.8, 4) is 0 Å².